The van der Waals surface area contributed by atoms with E-state index >= 15 is 0 Å². The smallest absolute Gasteiger partial charge is 0.149 e. The van der Waals surface area contributed by atoms with Crippen molar-refractivity contribution in [2.75, 3.05) is 18.0 Å². The van der Waals surface area contributed by atoms with Crippen LogP contribution in [0.1, 0.15) is 52.7 Å². The van der Waals surface area contributed by atoms with Gasteiger partial charge in [0.05, 0.1) is 16.9 Å². The number of hydrogen-bond donors (Lipinski definition) is 0. The largest absolute Gasteiger partial charge is 0.355 e. The molecule has 2 aliphatic rings. The van der Waals surface area contributed by atoms with Crippen molar-refractivity contribution in [1.82, 2.24) is 15.0 Å². The van der Waals surface area contributed by atoms with Crippen LogP contribution in [0.3, 0.4) is 0 Å². The van der Waals surface area contributed by atoms with Crippen LogP contribution in [-0.2, 0) is 12.8 Å². The predicted octanol–water partition coefficient (Wildman–Crippen LogP) is 3.07. The molecule has 0 spiro atoms. The molecule has 6 heteroatoms. The first-order valence-corrected chi connectivity index (χ1v) is 9.10. The fourth-order valence-corrected chi connectivity index (χ4v) is 4.85. The van der Waals surface area contributed by atoms with Gasteiger partial charge in [0.15, 0.2) is 0 Å². The highest BCUT2D eigenvalue weighted by Gasteiger charge is 2.27. The molecule has 0 radical (unpaired) electrons. The zero-order valence-corrected chi connectivity index (χ0v) is 13.8. The fraction of sp³-hybridized carbons (Fsp3) is 0.529. The van der Waals surface area contributed by atoms with Gasteiger partial charge in [0, 0.05) is 23.9 Å². The maximum absolute atomic E-state index is 9.28. The van der Waals surface area contributed by atoms with E-state index in [0.717, 1.165) is 31.7 Å². The summed E-state index contributed by atoms with van der Waals surface area (Å²) in [6, 6.07) is 2.21. The molecule has 0 bridgehead atoms. The van der Waals surface area contributed by atoms with Crippen molar-refractivity contribution in [3.63, 3.8) is 0 Å². The summed E-state index contributed by atoms with van der Waals surface area (Å²) in [5.74, 6) is 1.23. The van der Waals surface area contributed by atoms with Gasteiger partial charge in [0.2, 0.25) is 0 Å². The third kappa shape index (κ3) is 2.81. The lowest BCUT2D eigenvalue weighted by atomic mass is 9.98. The van der Waals surface area contributed by atoms with Gasteiger partial charge >= 0.3 is 0 Å². The number of hydrogen-bond acceptors (Lipinski definition) is 6. The zero-order chi connectivity index (χ0) is 15.6. The summed E-state index contributed by atoms with van der Waals surface area (Å²) >= 11 is 1.91. The van der Waals surface area contributed by atoms with Crippen LogP contribution >= 0.6 is 11.3 Å². The van der Waals surface area contributed by atoms with E-state index in [9.17, 15) is 5.26 Å². The van der Waals surface area contributed by atoms with Crippen molar-refractivity contribution in [2.24, 2.45) is 0 Å². The Labute approximate surface area is 140 Å². The predicted molar refractivity (Wildman–Crippen MR) is 89.7 cm³/mol. The normalized spacial score (nSPS) is 20.8. The molecule has 4 rings (SSSR count). The molecular weight excluding hydrogens is 306 g/mol. The Morgan fingerprint density at radius 2 is 2.17 bits per heavy atom. The van der Waals surface area contributed by atoms with Crippen molar-refractivity contribution in [3.8, 4) is 6.07 Å². The van der Waals surface area contributed by atoms with Gasteiger partial charge in [-0.3, -0.25) is 0 Å². The minimum Gasteiger partial charge on any atom is -0.355 e. The Morgan fingerprint density at radius 3 is 3.04 bits per heavy atom. The molecular formula is C17H19N5S. The second-order valence-electron chi connectivity index (χ2n) is 6.29. The van der Waals surface area contributed by atoms with E-state index in [4.69, 9.17) is 4.98 Å². The minimum absolute atomic E-state index is 0.459. The first kappa shape index (κ1) is 14.6. The molecule has 2 aromatic rings. The third-order valence-corrected chi connectivity index (χ3v) is 6.06. The number of thiazole rings is 1. The summed E-state index contributed by atoms with van der Waals surface area (Å²) in [5.41, 5.74) is 1.90. The van der Waals surface area contributed by atoms with Crippen LogP contribution in [0.25, 0.3) is 0 Å². The highest BCUT2D eigenvalue weighted by molar-refractivity contribution is 7.11. The zero-order valence-electron chi connectivity index (χ0n) is 13.0. The molecule has 1 aliphatic heterocycles. The Hall–Kier alpha value is -2.00. The van der Waals surface area contributed by atoms with Crippen molar-refractivity contribution in [1.29, 1.82) is 5.26 Å². The van der Waals surface area contributed by atoms with Crippen LogP contribution in [0.5, 0.6) is 0 Å². The van der Waals surface area contributed by atoms with Gasteiger partial charge in [-0.2, -0.15) is 5.26 Å². The van der Waals surface area contributed by atoms with Crippen molar-refractivity contribution in [3.05, 3.63) is 33.7 Å². The SMILES string of the molecule is N#Cc1cncnc1N1CCCC(c2nc3c(s2)CCCC3)C1. The number of aryl methyl sites for hydroxylation is 2. The molecule has 0 amide bonds. The van der Waals surface area contributed by atoms with E-state index in [2.05, 4.69) is 20.9 Å². The molecule has 5 nitrogen and oxygen atoms in total. The summed E-state index contributed by atoms with van der Waals surface area (Å²) < 4.78 is 0. The number of fused-ring (bicyclic) bond motifs is 1. The quantitative estimate of drug-likeness (QED) is 0.849. The lowest BCUT2D eigenvalue weighted by Gasteiger charge is -2.32. The molecule has 3 heterocycles. The van der Waals surface area contributed by atoms with Crippen LogP contribution in [0.4, 0.5) is 5.82 Å². The van der Waals surface area contributed by atoms with E-state index in [-0.39, 0.29) is 0 Å². The summed E-state index contributed by atoms with van der Waals surface area (Å²) in [6.07, 6.45) is 10.4. The van der Waals surface area contributed by atoms with Gasteiger partial charge in [0.1, 0.15) is 23.8 Å². The topological polar surface area (TPSA) is 65.7 Å². The lowest BCUT2D eigenvalue weighted by molar-refractivity contribution is 0.504. The highest BCUT2D eigenvalue weighted by atomic mass is 32.1. The molecule has 1 saturated heterocycles. The van der Waals surface area contributed by atoms with Crippen molar-refractivity contribution < 1.29 is 0 Å². The Bertz CT molecular complexity index is 724. The second-order valence-corrected chi connectivity index (χ2v) is 7.40. The van der Waals surface area contributed by atoms with Gasteiger partial charge in [-0.15, -0.1) is 11.3 Å². The Kier molecular flexibility index (Phi) is 3.96. The number of rotatable bonds is 2. The number of piperidine rings is 1. The lowest BCUT2D eigenvalue weighted by Crippen LogP contribution is -2.35. The summed E-state index contributed by atoms with van der Waals surface area (Å²) in [5, 5.41) is 10.6. The van der Waals surface area contributed by atoms with Crippen molar-refractivity contribution >= 4 is 17.2 Å². The van der Waals surface area contributed by atoms with Gasteiger partial charge < -0.3 is 4.90 Å². The number of nitriles is 1. The molecule has 1 unspecified atom stereocenters. The van der Waals surface area contributed by atoms with Crippen LogP contribution in [0, 0.1) is 11.3 Å². The first-order chi connectivity index (χ1) is 11.3. The van der Waals surface area contributed by atoms with Crippen molar-refractivity contribution in [2.45, 2.75) is 44.4 Å². The van der Waals surface area contributed by atoms with Gasteiger partial charge in [0.25, 0.3) is 0 Å². The minimum atomic E-state index is 0.459. The molecule has 1 fully saturated rings. The molecule has 0 saturated carbocycles. The van der Waals surface area contributed by atoms with Gasteiger partial charge in [-0.25, -0.2) is 15.0 Å². The number of aromatic nitrogens is 3. The van der Waals surface area contributed by atoms with Crippen LogP contribution in [-0.4, -0.2) is 28.0 Å². The average molecular weight is 325 g/mol. The van der Waals surface area contributed by atoms with E-state index < -0.39 is 0 Å². The summed E-state index contributed by atoms with van der Waals surface area (Å²) in [6.45, 7) is 1.85. The highest BCUT2D eigenvalue weighted by Crippen LogP contribution is 2.35. The molecule has 23 heavy (non-hydrogen) atoms. The molecule has 118 valence electrons. The monoisotopic (exact) mass is 325 g/mol. The second kappa shape index (κ2) is 6.25. The van der Waals surface area contributed by atoms with Gasteiger partial charge in [-0.05, 0) is 38.5 Å². The van der Waals surface area contributed by atoms with Crippen LogP contribution in [0.15, 0.2) is 12.5 Å². The van der Waals surface area contributed by atoms with E-state index in [1.165, 1.54) is 47.6 Å². The molecule has 1 aliphatic carbocycles. The average Bonchev–Trinajstić information content (AvgIpc) is 3.06. The third-order valence-electron chi connectivity index (χ3n) is 4.74. The Morgan fingerprint density at radius 1 is 1.26 bits per heavy atom. The van der Waals surface area contributed by atoms with Crippen LogP contribution in [0.2, 0.25) is 0 Å². The molecule has 0 N–H and O–H groups in total. The van der Waals surface area contributed by atoms with E-state index in [1.54, 1.807) is 6.20 Å². The molecule has 1 atom stereocenters. The summed E-state index contributed by atoms with van der Waals surface area (Å²) in [7, 11) is 0. The fourth-order valence-electron chi connectivity index (χ4n) is 3.57. The Balaban J connectivity index is 1.57. The van der Waals surface area contributed by atoms with Gasteiger partial charge in [-0.1, -0.05) is 0 Å². The number of anilines is 1. The van der Waals surface area contributed by atoms with E-state index in [1.807, 2.05) is 11.3 Å². The first-order valence-electron chi connectivity index (χ1n) is 8.28. The molecule has 2 aromatic heterocycles. The number of nitrogens with zero attached hydrogens (tertiary/aromatic N) is 5. The van der Waals surface area contributed by atoms with Crippen LogP contribution < -0.4 is 4.90 Å². The van der Waals surface area contributed by atoms with E-state index in [0.29, 0.717) is 11.5 Å². The molecule has 0 aromatic carbocycles. The summed E-state index contributed by atoms with van der Waals surface area (Å²) in [4.78, 5) is 17.0. The maximum atomic E-state index is 9.28. The maximum Gasteiger partial charge on any atom is 0.149 e. The standard InChI is InChI=1S/C17H19N5S/c18-8-13-9-19-11-20-16(13)22-7-3-4-12(10-22)17-21-14-5-1-2-6-15(14)23-17/h9,11-12H,1-7,10H2.